The highest BCUT2D eigenvalue weighted by Crippen LogP contribution is 2.49. The van der Waals surface area contributed by atoms with Gasteiger partial charge in [0.15, 0.2) is 11.9 Å². The zero-order chi connectivity index (χ0) is 49.6. The third kappa shape index (κ3) is 15.7. The van der Waals surface area contributed by atoms with E-state index >= 15 is 0 Å². The van der Waals surface area contributed by atoms with Crippen LogP contribution in [0.5, 0.6) is 0 Å². The van der Waals surface area contributed by atoms with Gasteiger partial charge < -0.3 is 58.3 Å². The van der Waals surface area contributed by atoms with Crippen molar-refractivity contribution in [1.82, 2.24) is 0 Å². The first-order valence-corrected chi connectivity index (χ1v) is 22.7. The summed E-state index contributed by atoms with van der Waals surface area (Å²) in [7, 11) is 2.45. The summed E-state index contributed by atoms with van der Waals surface area (Å²) in [5.74, 6) is -7.62. The van der Waals surface area contributed by atoms with Crippen LogP contribution >= 0.6 is 0 Å². The highest BCUT2D eigenvalue weighted by atomic mass is 16.7. The van der Waals surface area contributed by atoms with Crippen LogP contribution in [0.2, 0.25) is 0 Å². The first kappa shape index (κ1) is 56.1. The third-order valence-corrected chi connectivity index (χ3v) is 12.4. The van der Waals surface area contributed by atoms with E-state index in [1.807, 2.05) is 13.0 Å². The van der Waals surface area contributed by atoms with Crippen LogP contribution in [-0.4, -0.2) is 131 Å². The first-order chi connectivity index (χ1) is 30.8. The highest BCUT2D eigenvalue weighted by Gasteiger charge is 2.58. The van der Waals surface area contributed by atoms with Gasteiger partial charge in [0.25, 0.3) is 0 Å². The second-order valence-corrected chi connectivity index (χ2v) is 19.0. The Balaban J connectivity index is 1.75. The van der Waals surface area contributed by atoms with Gasteiger partial charge >= 0.3 is 29.8 Å². The Kier molecular flexibility index (Phi) is 21.0. The summed E-state index contributed by atoms with van der Waals surface area (Å²) < 4.78 is 45.6. The topological polar surface area (TPSA) is 240 Å². The second kappa shape index (κ2) is 24.7. The fraction of sp³-hybridized carbons (Fsp3) is 0.694. The minimum atomic E-state index is -2.21. The maximum atomic E-state index is 13.4. The number of esters is 5. The summed E-state index contributed by atoms with van der Waals surface area (Å²) in [5.41, 5.74) is -1.34. The molecule has 4 N–H and O–H groups in total. The molecular weight excluding hydrogens is 861 g/mol. The van der Waals surface area contributed by atoms with Gasteiger partial charge in [0.05, 0.1) is 62.7 Å². The van der Waals surface area contributed by atoms with Crippen molar-refractivity contribution in [2.75, 3.05) is 14.2 Å². The number of hydrogen-bond donors (Lipinski definition) is 4. The number of rotatable bonds is 20. The average Bonchev–Trinajstić information content (AvgIpc) is 3.22. The normalized spacial score (nSPS) is 30.6. The number of carbonyl (C=O) groups excluding carboxylic acids is 5. The molecule has 0 saturated carbocycles. The van der Waals surface area contributed by atoms with Crippen molar-refractivity contribution < 1.29 is 82.3 Å². The van der Waals surface area contributed by atoms with E-state index in [9.17, 15) is 44.4 Å². The van der Waals surface area contributed by atoms with Gasteiger partial charge in [-0.05, 0) is 51.0 Å². The highest BCUT2D eigenvalue weighted by molar-refractivity contribution is 5.84. The predicted octanol–water partition coefficient (Wildman–Crippen LogP) is 5.31. The van der Waals surface area contributed by atoms with Crippen molar-refractivity contribution in [2.45, 2.75) is 193 Å². The Labute approximate surface area is 389 Å². The Hall–Kier alpha value is -4.23. The fourth-order valence-electron chi connectivity index (χ4n) is 8.34. The molecule has 1 unspecified atom stereocenters. The third-order valence-electron chi connectivity index (χ3n) is 12.4. The zero-order valence-corrected chi connectivity index (χ0v) is 40.3. The Morgan fingerprint density at radius 1 is 0.909 bits per heavy atom. The molecule has 3 heterocycles. The first-order valence-electron chi connectivity index (χ1n) is 22.7. The lowest BCUT2D eigenvalue weighted by atomic mass is 9.70. The van der Waals surface area contributed by atoms with Gasteiger partial charge in [0.2, 0.25) is 5.79 Å². The molecule has 3 aliphatic rings. The number of hydrogen-bond acceptors (Lipinski definition) is 17. The van der Waals surface area contributed by atoms with E-state index in [1.165, 1.54) is 46.3 Å². The van der Waals surface area contributed by atoms with Crippen LogP contribution in [0.3, 0.4) is 0 Å². The van der Waals surface area contributed by atoms with Crippen molar-refractivity contribution >= 4 is 29.8 Å². The van der Waals surface area contributed by atoms with Gasteiger partial charge in [-0.2, -0.15) is 0 Å². The van der Waals surface area contributed by atoms with Crippen LogP contribution in [0.1, 0.15) is 126 Å². The lowest BCUT2D eigenvalue weighted by Crippen LogP contribution is -2.62. The number of aliphatic hydroxyl groups excluding tert-OH is 2. The molecule has 66 heavy (non-hydrogen) atoms. The van der Waals surface area contributed by atoms with E-state index in [1.54, 1.807) is 46.8 Å². The number of aliphatic hydroxyl groups is 4. The summed E-state index contributed by atoms with van der Waals surface area (Å²) in [4.78, 5) is 63.2. The molecule has 3 aliphatic heterocycles. The maximum absolute atomic E-state index is 13.4. The number of ether oxygens (including phenoxy) is 8. The van der Waals surface area contributed by atoms with Gasteiger partial charge in [-0.25, -0.2) is 14.4 Å². The molecule has 3 saturated heterocycles. The molecule has 3 rings (SSSR count). The predicted molar refractivity (Wildman–Crippen MR) is 240 cm³/mol. The van der Waals surface area contributed by atoms with Crippen molar-refractivity contribution in [3.8, 4) is 0 Å². The number of methoxy groups -OCH3 is 2. The smallest absolute Gasteiger partial charge is 0.331 e. The summed E-state index contributed by atoms with van der Waals surface area (Å²) >= 11 is 0. The van der Waals surface area contributed by atoms with Crippen LogP contribution in [0.4, 0.5) is 0 Å². The Bertz CT molecular complexity index is 1810. The molecule has 0 amide bonds. The van der Waals surface area contributed by atoms with E-state index < -0.39 is 114 Å². The molecule has 0 aromatic carbocycles. The van der Waals surface area contributed by atoms with Crippen LogP contribution in [-0.2, 0) is 61.9 Å². The summed E-state index contributed by atoms with van der Waals surface area (Å²) in [6.07, 6.45) is 3.58. The molecule has 0 spiro atoms. The molecule has 0 bridgehead atoms. The van der Waals surface area contributed by atoms with E-state index in [0.717, 1.165) is 24.5 Å². The molecule has 17 heteroatoms. The number of allylic oxidation sites excluding steroid dienone is 3. The molecule has 372 valence electrons. The van der Waals surface area contributed by atoms with Crippen LogP contribution in [0, 0.1) is 10.8 Å². The maximum Gasteiger partial charge on any atom is 0.331 e. The van der Waals surface area contributed by atoms with Crippen molar-refractivity contribution in [2.24, 2.45) is 10.8 Å². The van der Waals surface area contributed by atoms with Gasteiger partial charge in [0, 0.05) is 49.8 Å². The standard InChI is InChI=1S/C49H74O17/c1-12-14-15-16-17-18-41(53)64-45-33(25-43(55)60-11)24-37(66-49(45,58)46(5,6)7)27-39(30(3)50)63-44(56)26-34(52)19-20-36-28-40(61-31(4)51)47(8,9)48(57,65-36)29-38-22-32(23-42(54)59-10)21-35(13-2)62-38/h13,15-18,23,25,30,34-40,45,50,52,57-58H,2,12,14,19-22,24,26-29H2,1,3-11H3/b16-15+,18-17+,32-23+,33-25+/t30-,34-,35+,36-,37?,38+,39-,40+,45+,48+,49-/m1/s1. The largest absolute Gasteiger partial charge is 0.466 e. The van der Waals surface area contributed by atoms with Crippen molar-refractivity contribution in [3.63, 3.8) is 0 Å². The minimum absolute atomic E-state index is 0.00323. The van der Waals surface area contributed by atoms with E-state index in [4.69, 9.17) is 37.9 Å². The lowest BCUT2D eigenvalue weighted by Gasteiger charge is -2.53. The number of unbranched alkanes of at least 4 members (excludes halogenated alkanes) is 1. The molecule has 0 aromatic heterocycles. The zero-order valence-electron chi connectivity index (χ0n) is 40.3. The Morgan fingerprint density at radius 2 is 1.58 bits per heavy atom. The van der Waals surface area contributed by atoms with E-state index in [-0.39, 0.29) is 44.1 Å². The molecule has 11 atom stereocenters. The van der Waals surface area contributed by atoms with Gasteiger partial charge in [-0.1, -0.05) is 77.8 Å². The average molecular weight is 935 g/mol. The fourth-order valence-corrected chi connectivity index (χ4v) is 8.34. The summed E-state index contributed by atoms with van der Waals surface area (Å²) in [6, 6.07) is 0. The van der Waals surface area contributed by atoms with Crippen LogP contribution in [0.25, 0.3) is 0 Å². The second-order valence-electron chi connectivity index (χ2n) is 19.0. The summed E-state index contributed by atoms with van der Waals surface area (Å²) in [5, 5.41) is 46.3. The minimum Gasteiger partial charge on any atom is -0.466 e. The quantitative estimate of drug-likeness (QED) is 0.0398. The van der Waals surface area contributed by atoms with Gasteiger partial charge in [-0.15, -0.1) is 6.58 Å². The number of carbonyl (C=O) groups is 5. The van der Waals surface area contributed by atoms with E-state index in [0.29, 0.717) is 12.8 Å². The summed E-state index contributed by atoms with van der Waals surface area (Å²) in [6.45, 7) is 16.9. The molecular formula is C49H74O17. The molecule has 0 aromatic rings. The van der Waals surface area contributed by atoms with Gasteiger partial charge in [-0.3, -0.25) is 9.59 Å². The molecule has 17 nitrogen and oxygen atoms in total. The molecule has 3 fully saturated rings. The Morgan fingerprint density at radius 3 is 2.17 bits per heavy atom. The van der Waals surface area contributed by atoms with Crippen molar-refractivity contribution in [3.05, 3.63) is 60.3 Å². The molecule has 0 radical (unpaired) electrons. The van der Waals surface area contributed by atoms with Gasteiger partial charge in [0.1, 0.15) is 12.2 Å². The lowest BCUT2D eigenvalue weighted by molar-refractivity contribution is -0.347. The monoisotopic (exact) mass is 934 g/mol. The van der Waals surface area contributed by atoms with Crippen molar-refractivity contribution in [1.29, 1.82) is 0 Å². The van der Waals surface area contributed by atoms with E-state index in [2.05, 4.69) is 6.58 Å². The van der Waals surface area contributed by atoms with Crippen LogP contribution < -0.4 is 0 Å². The molecule has 0 aliphatic carbocycles. The SMILES string of the molecule is C=C[C@H]1C/C(=C\C(=O)OC)C[C@@H](C[C@]2(O)O[C@H](CC[C@@H](O)CC(=O)O[C@H](CC3C/C(=C\C(=O)OC)[C@H](OC(=O)/C=C/C=C/CCC)[C@](O)(C(C)(C)C)O3)[C@@H](C)O)C[C@H](OC(C)=O)C2(C)C)O1. The van der Waals surface area contributed by atoms with Crippen LogP contribution in [0.15, 0.2) is 60.3 Å².